The maximum Gasteiger partial charge on any atom is 0.322 e. The molecule has 1 aliphatic heterocycles. The zero-order valence-corrected chi connectivity index (χ0v) is 10.7. The first-order valence-corrected chi connectivity index (χ1v) is 6.22. The van der Waals surface area contributed by atoms with Crippen LogP contribution in [0, 0.1) is 5.92 Å². The third kappa shape index (κ3) is 4.49. The molecule has 0 spiro atoms. The Balaban J connectivity index is 2.20. The van der Waals surface area contributed by atoms with Crippen LogP contribution in [0.25, 0.3) is 0 Å². The summed E-state index contributed by atoms with van der Waals surface area (Å²) in [7, 11) is 2.15. The Morgan fingerprint density at radius 1 is 1.62 bits per heavy atom. The number of nitrogens with zero attached hydrogens (tertiary/aromatic N) is 1. The first kappa shape index (κ1) is 13.5. The van der Waals surface area contributed by atoms with E-state index in [1.165, 1.54) is 19.4 Å². The van der Waals surface area contributed by atoms with Gasteiger partial charge in [0.1, 0.15) is 6.04 Å². The fourth-order valence-electron chi connectivity index (χ4n) is 2.13. The van der Waals surface area contributed by atoms with E-state index in [9.17, 15) is 4.79 Å². The fourth-order valence-corrected chi connectivity index (χ4v) is 2.13. The average molecular weight is 228 g/mol. The number of rotatable bonds is 5. The molecular formula is C12H24N2O2. The van der Waals surface area contributed by atoms with E-state index in [-0.39, 0.29) is 12.0 Å². The highest BCUT2D eigenvalue weighted by Crippen LogP contribution is 2.14. The van der Waals surface area contributed by atoms with E-state index < -0.39 is 0 Å². The Hall–Kier alpha value is -0.610. The predicted octanol–water partition coefficient (Wildman–Crippen LogP) is 0.869. The van der Waals surface area contributed by atoms with Crippen molar-refractivity contribution in [2.75, 3.05) is 33.3 Å². The molecule has 1 aliphatic rings. The van der Waals surface area contributed by atoms with Crippen molar-refractivity contribution in [2.24, 2.45) is 5.92 Å². The molecule has 0 radical (unpaired) electrons. The number of carbonyl (C=O) groups is 1. The molecule has 1 fully saturated rings. The Bertz CT molecular complexity index is 221. The van der Waals surface area contributed by atoms with Crippen LogP contribution in [-0.2, 0) is 9.53 Å². The van der Waals surface area contributed by atoms with Gasteiger partial charge in [0.2, 0.25) is 0 Å². The Morgan fingerprint density at radius 2 is 2.38 bits per heavy atom. The van der Waals surface area contributed by atoms with Gasteiger partial charge in [0.05, 0.1) is 6.61 Å². The standard InChI is InChI=1S/C12H24N2O2/c1-4-16-12(15)10(2)13-8-11-6-5-7-14(3)9-11/h10-11,13H,4-9H2,1-3H3. The summed E-state index contributed by atoms with van der Waals surface area (Å²) in [6.07, 6.45) is 2.52. The van der Waals surface area contributed by atoms with Gasteiger partial charge < -0.3 is 15.0 Å². The van der Waals surface area contributed by atoms with Gasteiger partial charge in [-0.15, -0.1) is 0 Å². The molecule has 1 rings (SSSR count). The van der Waals surface area contributed by atoms with Gasteiger partial charge in [0.15, 0.2) is 0 Å². The lowest BCUT2D eigenvalue weighted by molar-refractivity contribution is -0.145. The van der Waals surface area contributed by atoms with E-state index >= 15 is 0 Å². The molecule has 0 aromatic rings. The van der Waals surface area contributed by atoms with Crippen molar-refractivity contribution < 1.29 is 9.53 Å². The fraction of sp³-hybridized carbons (Fsp3) is 0.917. The van der Waals surface area contributed by atoms with Crippen molar-refractivity contribution >= 4 is 5.97 Å². The highest BCUT2D eigenvalue weighted by atomic mass is 16.5. The summed E-state index contributed by atoms with van der Waals surface area (Å²) in [6.45, 7) is 7.39. The SMILES string of the molecule is CCOC(=O)C(C)NCC1CCCN(C)C1. The molecule has 2 atom stereocenters. The average Bonchev–Trinajstić information content (AvgIpc) is 2.26. The number of ether oxygens (including phenoxy) is 1. The zero-order chi connectivity index (χ0) is 12.0. The van der Waals surface area contributed by atoms with Crippen LogP contribution in [0.15, 0.2) is 0 Å². The number of hydrogen-bond acceptors (Lipinski definition) is 4. The van der Waals surface area contributed by atoms with Crippen molar-refractivity contribution in [2.45, 2.75) is 32.7 Å². The van der Waals surface area contributed by atoms with Crippen molar-refractivity contribution in [1.82, 2.24) is 10.2 Å². The summed E-state index contributed by atoms with van der Waals surface area (Å²) in [5.41, 5.74) is 0. The van der Waals surface area contributed by atoms with Crippen molar-refractivity contribution in [1.29, 1.82) is 0 Å². The molecular weight excluding hydrogens is 204 g/mol. The summed E-state index contributed by atoms with van der Waals surface area (Å²) < 4.78 is 4.95. The second kappa shape index (κ2) is 6.86. The number of likely N-dealkylation sites (tertiary alicyclic amines) is 1. The summed E-state index contributed by atoms with van der Waals surface area (Å²) in [5.74, 6) is 0.516. The zero-order valence-electron chi connectivity index (χ0n) is 10.7. The molecule has 1 saturated heterocycles. The molecule has 0 bridgehead atoms. The van der Waals surface area contributed by atoms with Crippen LogP contribution in [0.4, 0.5) is 0 Å². The van der Waals surface area contributed by atoms with Gasteiger partial charge in [-0.25, -0.2) is 0 Å². The van der Waals surface area contributed by atoms with Crippen molar-refractivity contribution in [3.63, 3.8) is 0 Å². The summed E-state index contributed by atoms with van der Waals surface area (Å²) in [4.78, 5) is 13.7. The Labute approximate surface area is 98.3 Å². The lowest BCUT2D eigenvalue weighted by Crippen LogP contribution is -2.42. The molecule has 0 saturated carbocycles. The van der Waals surface area contributed by atoms with Gasteiger partial charge >= 0.3 is 5.97 Å². The van der Waals surface area contributed by atoms with Crippen LogP contribution < -0.4 is 5.32 Å². The number of esters is 1. The molecule has 16 heavy (non-hydrogen) atoms. The van der Waals surface area contributed by atoms with Crippen LogP contribution in [0.1, 0.15) is 26.7 Å². The second-order valence-electron chi connectivity index (χ2n) is 4.65. The molecule has 0 aliphatic carbocycles. The van der Waals surface area contributed by atoms with Crippen LogP contribution >= 0.6 is 0 Å². The van der Waals surface area contributed by atoms with E-state index in [1.54, 1.807) is 0 Å². The van der Waals surface area contributed by atoms with Crippen molar-refractivity contribution in [3.8, 4) is 0 Å². The Morgan fingerprint density at radius 3 is 3.00 bits per heavy atom. The molecule has 1 heterocycles. The smallest absolute Gasteiger partial charge is 0.322 e. The molecule has 4 heteroatoms. The maximum absolute atomic E-state index is 11.4. The summed E-state index contributed by atoms with van der Waals surface area (Å²) in [5, 5.41) is 3.26. The molecule has 4 nitrogen and oxygen atoms in total. The minimum Gasteiger partial charge on any atom is -0.465 e. The van der Waals surface area contributed by atoms with E-state index in [0.717, 1.165) is 13.1 Å². The van der Waals surface area contributed by atoms with E-state index in [4.69, 9.17) is 4.74 Å². The number of hydrogen-bond donors (Lipinski definition) is 1. The van der Waals surface area contributed by atoms with Gasteiger partial charge in [-0.05, 0) is 52.7 Å². The number of nitrogens with one attached hydrogen (secondary N) is 1. The minimum atomic E-state index is -0.188. The van der Waals surface area contributed by atoms with Gasteiger partial charge in [-0.3, -0.25) is 4.79 Å². The number of carbonyl (C=O) groups excluding carboxylic acids is 1. The molecule has 94 valence electrons. The molecule has 0 aromatic heterocycles. The molecule has 1 N–H and O–H groups in total. The lowest BCUT2D eigenvalue weighted by atomic mass is 9.98. The van der Waals surface area contributed by atoms with Gasteiger partial charge in [0, 0.05) is 6.54 Å². The molecule has 0 aromatic carbocycles. The predicted molar refractivity (Wildman–Crippen MR) is 64.3 cm³/mol. The monoisotopic (exact) mass is 228 g/mol. The number of piperidine rings is 1. The third-order valence-electron chi connectivity index (χ3n) is 3.07. The van der Waals surface area contributed by atoms with Gasteiger partial charge in [-0.1, -0.05) is 0 Å². The lowest BCUT2D eigenvalue weighted by Gasteiger charge is -2.30. The van der Waals surface area contributed by atoms with Crippen LogP contribution in [0.3, 0.4) is 0 Å². The normalized spacial score (nSPS) is 24.1. The van der Waals surface area contributed by atoms with E-state index in [2.05, 4.69) is 17.3 Å². The van der Waals surface area contributed by atoms with Crippen LogP contribution in [0.5, 0.6) is 0 Å². The van der Waals surface area contributed by atoms with E-state index in [1.807, 2.05) is 13.8 Å². The highest BCUT2D eigenvalue weighted by molar-refractivity contribution is 5.75. The minimum absolute atomic E-state index is 0.147. The topological polar surface area (TPSA) is 41.6 Å². The Kier molecular flexibility index (Phi) is 5.77. The first-order valence-electron chi connectivity index (χ1n) is 6.22. The van der Waals surface area contributed by atoms with E-state index in [0.29, 0.717) is 12.5 Å². The second-order valence-corrected chi connectivity index (χ2v) is 4.65. The third-order valence-corrected chi connectivity index (χ3v) is 3.07. The van der Waals surface area contributed by atoms with Gasteiger partial charge in [-0.2, -0.15) is 0 Å². The maximum atomic E-state index is 11.4. The molecule has 0 amide bonds. The first-order chi connectivity index (χ1) is 7.63. The molecule has 2 unspecified atom stereocenters. The summed E-state index contributed by atoms with van der Waals surface area (Å²) >= 11 is 0. The van der Waals surface area contributed by atoms with Crippen molar-refractivity contribution in [3.05, 3.63) is 0 Å². The van der Waals surface area contributed by atoms with Crippen LogP contribution in [-0.4, -0.2) is 50.2 Å². The van der Waals surface area contributed by atoms with Gasteiger partial charge in [0.25, 0.3) is 0 Å². The quantitative estimate of drug-likeness (QED) is 0.709. The summed E-state index contributed by atoms with van der Waals surface area (Å²) in [6, 6.07) is -0.188. The highest BCUT2D eigenvalue weighted by Gasteiger charge is 2.19. The largest absolute Gasteiger partial charge is 0.465 e. The van der Waals surface area contributed by atoms with Crippen LogP contribution in [0.2, 0.25) is 0 Å².